The molecule has 0 aliphatic heterocycles. The van der Waals surface area contributed by atoms with Gasteiger partial charge in [0.1, 0.15) is 0 Å². The normalized spacial score (nSPS) is 10.2. The lowest BCUT2D eigenvalue weighted by Crippen LogP contribution is -2.30. The van der Waals surface area contributed by atoms with E-state index in [1.165, 1.54) is 11.3 Å². The molecular weight excluding hydrogens is 196 g/mol. The van der Waals surface area contributed by atoms with Crippen LogP contribution < -0.4 is 5.73 Å². The number of rotatable bonds is 3. The monoisotopic (exact) mass is 212 g/mol. The minimum absolute atomic E-state index is 0.0388. The number of anilines is 1. The van der Waals surface area contributed by atoms with Crippen LogP contribution in [0.15, 0.2) is 6.07 Å². The molecule has 3 nitrogen and oxygen atoms in total. The van der Waals surface area contributed by atoms with Crippen molar-refractivity contribution in [3.05, 3.63) is 16.5 Å². The first-order valence-electron chi connectivity index (χ1n) is 4.75. The van der Waals surface area contributed by atoms with E-state index in [9.17, 15) is 4.79 Å². The van der Waals surface area contributed by atoms with E-state index < -0.39 is 0 Å². The number of thiophene rings is 1. The summed E-state index contributed by atoms with van der Waals surface area (Å²) in [6.45, 7) is 7.35. The van der Waals surface area contributed by atoms with Crippen LogP contribution in [0.3, 0.4) is 0 Å². The van der Waals surface area contributed by atoms with Gasteiger partial charge in [0.05, 0.1) is 10.6 Å². The van der Waals surface area contributed by atoms with Crippen molar-refractivity contribution in [3.63, 3.8) is 0 Å². The molecule has 0 aliphatic carbocycles. The Labute approximate surface area is 88.5 Å². The van der Waals surface area contributed by atoms with Gasteiger partial charge in [-0.05, 0) is 26.8 Å². The summed E-state index contributed by atoms with van der Waals surface area (Å²) in [7, 11) is 0. The van der Waals surface area contributed by atoms with Gasteiger partial charge in [-0.3, -0.25) is 4.79 Å². The zero-order valence-corrected chi connectivity index (χ0v) is 9.65. The summed E-state index contributed by atoms with van der Waals surface area (Å²) in [4.78, 5) is 14.8. The van der Waals surface area contributed by atoms with Gasteiger partial charge in [0.25, 0.3) is 5.91 Å². The topological polar surface area (TPSA) is 46.3 Å². The number of amides is 1. The number of aryl methyl sites for hydroxylation is 1. The molecule has 0 saturated heterocycles. The highest BCUT2D eigenvalue weighted by atomic mass is 32.1. The smallest absolute Gasteiger partial charge is 0.256 e. The van der Waals surface area contributed by atoms with Crippen molar-refractivity contribution >= 4 is 22.2 Å². The fraction of sp³-hybridized carbons (Fsp3) is 0.500. The summed E-state index contributed by atoms with van der Waals surface area (Å²) >= 11 is 1.47. The Hall–Kier alpha value is -1.03. The van der Waals surface area contributed by atoms with E-state index in [1.807, 2.05) is 26.8 Å². The number of nitrogen functional groups attached to an aromatic ring is 1. The molecule has 0 saturated carbocycles. The number of nitrogens with two attached hydrogens (primary N) is 1. The lowest BCUT2D eigenvalue weighted by Gasteiger charge is -2.17. The maximum absolute atomic E-state index is 11.9. The van der Waals surface area contributed by atoms with Gasteiger partial charge in [0, 0.05) is 18.0 Å². The average Bonchev–Trinajstić information content (AvgIpc) is 2.47. The Morgan fingerprint density at radius 3 is 2.43 bits per heavy atom. The maximum Gasteiger partial charge on any atom is 0.256 e. The van der Waals surface area contributed by atoms with Crippen molar-refractivity contribution < 1.29 is 4.79 Å². The molecule has 0 aliphatic rings. The molecule has 0 fully saturated rings. The number of carbonyl (C=O) groups excluding carboxylic acids is 1. The molecule has 0 radical (unpaired) electrons. The van der Waals surface area contributed by atoms with Crippen LogP contribution in [-0.4, -0.2) is 23.9 Å². The molecule has 1 rings (SSSR count). The predicted molar refractivity (Wildman–Crippen MR) is 60.7 cm³/mol. The van der Waals surface area contributed by atoms with Crippen LogP contribution in [0, 0.1) is 6.92 Å². The van der Waals surface area contributed by atoms with Gasteiger partial charge in [-0.2, -0.15) is 0 Å². The van der Waals surface area contributed by atoms with Gasteiger partial charge in [-0.25, -0.2) is 0 Å². The molecule has 0 spiro atoms. The number of hydrogen-bond acceptors (Lipinski definition) is 3. The third kappa shape index (κ3) is 2.07. The molecule has 14 heavy (non-hydrogen) atoms. The van der Waals surface area contributed by atoms with Crippen LogP contribution in [0.4, 0.5) is 5.00 Å². The van der Waals surface area contributed by atoms with Gasteiger partial charge >= 0.3 is 0 Å². The van der Waals surface area contributed by atoms with Crippen LogP contribution in [0.2, 0.25) is 0 Å². The van der Waals surface area contributed by atoms with Gasteiger partial charge < -0.3 is 10.6 Å². The van der Waals surface area contributed by atoms with Crippen molar-refractivity contribution in [2.75, 3.05) is 18.8 Å². The highest BCUT2D eigenvalue weighted by molar-refractivity contribution is 7.16. The minimum Gasteiger partial charge on any atom is -0.390 e. The van der Waals surface area contributed by atoms with Gasteiger partial charge in [0.15, 0.2) is 0 Å². The second-order valence-corrected chi connectivity index (χ2v) is 4.40. The molecule has 0 atom stereocenters. The lowest BCUT2D eigenvalue weighted by atomic mass is 10.2. The van der Waals surface area contributed by atoms with Crippen LogP contribution in [-0.2, 0) is 0 Å². The van der Waals surface area contributed by atoms with Crippen LogP contribution in [0.1, 0.15) is 29.1 Å². The predicted octanol–water partition coefficient (Wildman–Crippen LogP) is 2.12. The van der Waals surface area contributed by atoms with E-state index in [0.717, 1.165) is 18.0 Å². The Balaban J connectivity index is 2.93. The first-order chi connectivity index (χ1) is 6.60. The molecule has 4 heteroatoms. The molecular formula is C10H16N2OS. The first-order valence-corrected chi connectivity index (χ1v) is 5.57. The molecule has 0 bridgehead atoms. The zero-order valence-electron chi connectivity index (χ0n) is 8.83. The quantitative estimate of drug-likeness (QED) is 0.834. The Bertz CT molecular complexity index is 329. The largest absolute Gasteiger partial charge is 0.390 e. The van der Waals surface area contributed by atoms with Crippen molar-refractivity contribution in [3.8, 4) is 0 Å². The zero-order chi connectivity index (χ0) is 10.7. The van der Waals surface area contributed by atoms with E-state index >= 15 is 0 Å². The average molecular weight is 212 g/mol. The van der Waals surface area contributed by atoms with Gasteiger partial charge in [-0.1, -0.05) is 0 Å². The fourth-order valence-electron chi connectivity index (χ4n) is 1.38. The molecule has 78 valence electrons. The molecule has 0 aromatic carbocycles. The Kier molecular flexibility index (Phi) is 3.52. The summed E-state index contributed by atoms with van der Waals surface area (Å²) in [5.41, 5.74) is 6.41. The third-order valence-corrected chi connectivity index (χ3v) is 3.04. The SMILES string of the molecule is CCN(CC)C(=O)c1cc(C)sc1N. The van der Waals surface area contributed by atoms with E-state index in [1.54, 1.807) is 4.90 Å². The maximum atomic E-state index is 11.9. The second kappa shape index (κ2) is 4.46. The molecule has 1 aromatic heterocycles. The van der Waals surface area contributed by atoms with Crippen molar-refractivity contribution in [1.29, 1.82) is 0 Å². The van der Waals surface area contributed by atoms with E-state index in [0.29, 0.717) is 10.6 Å². The summed E-state index contributed by atoms with van der Waals surface area (Å²) in [6.07, 6.45) is 0. The molecule has 0 unspecified atom stereocenters. The molecule has 1 amide bonds. The molecule has 1 aromatic rings. The van der Waals surface area contributed by atoms with Crippen molar-refractivity contribution in [2.24, 2.45) is 0 Å². The van der Waals surface area contributed by atoms with E-state index in [4.69, 9.17) is 5.73 Å². The summed E-state index contributed by atoms with van der Waals surface area (Å²) < 4.78 is 0. The van der Waals surface area contributed by atoms with E-state index in [-0.39, 0.29) is 5.91 Å². The lowest BCUT2D eigenvalue weighted by molar-refractivity contribution is 0.0774. The summed E-state index contributed by atoms with van der Waals surface area (Å²) in [5, 5.41) is 0.624. The van der Waals surface area contributed by atoms with Gasteiger partial charge in [0.2, 0.25) is 0 Å². The second-order valence-electron chi connectivity index (χ2n) is 3.11. The summed E-state index contributed by atoms with van der Waals surface area (Å²) in [6, 6.07) is 1.86. The van der Waals surface area contributed by atoms with Crippen molar-refractivity contribution in [2.45, 2.75) is 20.8 Å². The van der Waals surface area contributed by atoms with E-state index in [2.05, 4.69) is 0 Å². The van der Waals surface area contributed by atoms with Gasteiger partial charge in [-0.15, -0.1) is 11.3 Å². The highest BCUT2D eigenvalue weighted by Gasteiger charge is 2.16. The molecule has 2 N–H and O–H groups in total. The minimum atomic E-state index is 0.0388. The standard InChI is InChI=1S/C10H16N2OS/c1-4-12(5-2)10(13)8-6-7(3)14-9(8)11/h6H,4-5,11H2,1-3H3. The summed E-state index contributed by atoms with van der Waals surface area (Å²) in [5.74, 6) is 0.0388. The van der Waals surface area contributed by atoms with Crippen molar-refractivity contribution in [1.82, 2.24) is 4.90 Å². The molecule has 1 heterocycles. The first kappa shape index (κ1) is 11.0. The highest BCUT2D eigenvalue weighted by Crippen LogP contribution is 2.25. The number of nitrogens with zero attached hydrogens (tertiary/aromatic N) is 1. The van der Waals surface area contributed by atoms with Crippen LogP contribution in [0.25, 0.3) is 0 Å². The Morgan fingerprint density at radius 2 is 2.07 bits per heavy atom. The Morgan fingerprint density at radius 1 is 1.50 bits per heavy atom. The third-order valence-electron chi connectivity index (χ3n) is 2.17. The van der Waals surface area contributed by atoms with Crippen LogP contribution in [0.5, 0.6) is 0 Å². The van der Waals surface area contributed by atoms with Crippen LogP contribution >= 0.6 is 11.3 Å². The fourth-order valence-corrected chi connectivity index (χ4v) is 2.16. The number of hydrogen-bond donors (Lipinski definition) is 1. The number of carbonyl (C=O) groups is 1.